The number of fused-ring (bicyclic) bond motifs is 1. The van der Waals surface area contributed by atoms with Gasteiger partial charge in [0.2, 0.25) is 17.9 Å². The summed E-state index contributed by atoms with van der Waals surface area (Å²) in [6.07, 6.45) is 0. The van der Waals surface area contributed by atoms with Crippen LogP contribution >= 0.6 is 11.8 Å². The molecule has 0 saturated carbocycles. The van der Waals surface area contributed by atoms with E-state index in [0.29, 0.717) is 39.5 Å². The number of ether oxygens (including phenoxy) is 4. The molecular weight excluding hydrogens is 398 g/mol. The molecule has 2 aromatic carbocycles. The topological polar surface area (TPSA) is 110 Å². The number of hydrogen-bond acceptors (Lipinski definition) is 9. The van der Waals surface area contributed by atoms with Crippen molar-refractivity contribution in [2.45, 2.75) is 5.16 Å². The Hall–Kier alpha value is -3.47. The third-order valence-corrected chi connectivity index (χ3v) is 4.96. The van der Waals surface area contributed by atoms with E-state index in [0.717, 1.165) is 0 Å². The zero-order valence-corrected chi connectivity index (χ0v) is 16.4. The summed E-state index contributed by atoms with van der Waals surface area (Å²) in [4.78, 5) is 12.3. The molecule has 0 radical (unpaired) electrons. The maximum Gasteiger partial charge on any atom is 0.234 e. The van der Waals surface area contributed by atoms with E-state index in [4.69, 9.17) is 18.9 Å². The lowest BCUT2D eigenvalue weighted by atomic mass is 10.3. The molecule has 1 amide bonds. The summed E-state index contributed by atoms with van der Waals surface area (Å²) in [6.45, 7) is 0.182. The average Bonchev–Trinajstić information content (AvgIpc) is 3.40. The summed E-state index contributed by atoms with van der Waals surface area (Å²) < 4.78 is 22.7. The molecule has 0 atom stereocenters. The number of amides is 1. The molecule has 1 N–H and O–H groups in total. The van der Waals surface area contributed by atoms with E-state index in [9.17, 15) is 4.79 Å². The van der Waals surface area contributed by atoms with Crippen molar-refractivity contribution in [2.75, 3.05) is 32.1 Å². The first kappa shape index (κ1) is 18.9. The second kappa shape index (κ2) is 8.27. The normalized spacial score (nSPS) is 11.9. The lowest BCUT2D eigenvalue weighted by Gasteiger charge is -2.10. The number of tetrazole rings is 1. The van der Waals surface area contributed by atoms with Crippen LogP contribution < -0.4 is 24.3 Å². The summed E-state index contributed by atoms with van der Waals surface area (Å²) in [7, 11) is 3.12. The Labute approximate surface area is 170 Å². The molecule has 10 nitrogen and oxygen atoms in total. The van der Waals surface area contributed by atoms with Crippen LogP contribution in [0.25, 0.3) is 5.69 Å². The monoisotopic (exact) mass is 415 g/mol. The number of benzene rings is 2. The van der Waals surface area contributed by atoms with E-state index in [-0.39, 0.29) is 18.5 Å². The SMILES string of the molecule is COc1ccc(-n2nnnc2SCC(=O)Nc2ccc3c(c2)OCO3)cc1OC. The van der Waals surface area contributed by atoms with Crippen molar-refractivity contribution in [3.8, 4) is 28.7 Å². The molecule has 2 heterocycles. The fourth-order valence-corrected chi connectivity index (χ4v) is 3.38. The number of rotatable bonds is 7. The minimum absolute atomic E-state index is 0.127. The predicted octanol–water partition coefficient (Wildman–Crippen LogP) is 2.14. The molecule has 0 aliphatic carbocycles. The van der Waals surface area contributed by atoms with Gasteiger partial charge in [0.1, 0.15) is 0 Å². The summed E-state index contributed by atoms with van der Waals surface area (Å²) in [6, 6.07) is 10.5. The molecule has 0 spiro atoms. The molecule has 29 heavy (non-hydrogen) atoms. The van der Waals surface area contributed by atoms with Crippen LogP contribution in [-0.4, -0.2) is 52.9 Å². The highest BCUT2D eigenvalue weighted by atomic mass is 32.2. The van der Waals surface area contributed by atoms with Crippen molar-refractivity contribution in [3.05, 3.63) is 36.4 Å². The number of hydrogen-bond donors (Lipinski definition) is 1. The van der Waals surface area contributed by atoms with Crippen molar-refractivity contribution in [3.63, 3.8) is 0 Å². The van der Waals surface area contributed by atoms with Crippen molar-refractivity contribution >= 4 is 23.4 Å². The molecule has 0 unspecified atom stereocenters. The third kappa shape index (κ3) is 4.04. The zero-order chi connectivity index (χ0) is 20.2. The average molecular weight is 415 g/mol. The molecule has 11 heteroatoms. The highest BCUT2D eigenvalue weighted by Crippen LogP contribution is 2.34. The number of methoxy groups -OCH3 is 2. The smallest absolute Gasteiger partial charge is 0.234 e. The van der Waals surface area contributed by atoms with Crippen LogP contribution in [0.1, 0.15) is 0 Å². The van der Waals surface area contributed by atoms with Crippen molar-refractivity contribution < 1.29 is 23.7 Å². The number of aromatic nitrogens is 4. The van der Waals surface area contributed by atoms with Gasteiger partial charge in [-0.05, 0) is 34.7 Å². The van der Waals surface area contributed by atoms with Gasteiger partial charge in [-0.3, -0.25) is 4.79 Å². The Morgan fingerprint density at radius 2 is 1.97 bits per heavy atom. The van der Waals surface area contributed by atoms with E-state index in [1.54, 1.807) is 50.6 Å². The molecule has 4 rings (SSSR count). The van der Waals surface area contributed by atoms with Gasteiger partial charge in [0.05, 0.1) is 25.7 Å². The van der Waals surface area contributed by atoms with Crippen molar-refractivity contribution in [1.29, 1.82) is 0 Å². The van der Waals surface area contributed by atoms with Crippen LogP contribution in [0.4, 0.5) is 5.69 Å². The Balaban J connectivity index is 1.42. The second-order valence-electron chi connectivity index (χ2n) is 5.82. The third-order valence-electron chi connectivity index (χ3n) is 4.04. The summed E-state index contributed by atoms with van der Waals surface area (Å²) in [5, 5.41) is 15.0. The first-order chi connectivity index (χ1) is 14.2. The van der Waals surface area contributed by atoms with Crippen LogP contribution in [0.2, 0.25) is 0 Å². The van der Waals surface area contributed by atoms with Gasteiger partial charge in [0, 0.05) is 17.8 Å². The minimum Gasteiger partial charge on any atom is -0.493 e. The zero-order valence-electron chi connectivity index (χ0n) is 15.6. The van der Waals surface area contributed by atoms with Gasteiger partial charge >= 0.3 is 0 Å². The van der Waals surface area contributed by atoms with E-state index in [2.05, 4.69) is 20.8 Å². The Morgan fingerprint density at radius 3 is 2.79 bits per heavy atom. The number of carbonyl (C=O) groups excluding carboxylic acids is 1. The molecule has 150 valence electrons. The number of carbonyl (C=O) groups is 1. The van der Waals surface area contributed by atoms with Crippen LogP contribution in [-0.2, 0) is 4.79 Å². The summed E-state index contributed by atoms with van der Waals surface area (Å²) in [5.74, 6) is 2.34. The summed E-state index contributed by atoms with van der Waals surface area (Å²) >= 11 is 1.21. The highest BCUT2D eigenvalue weighted by Gasteiger charge is 2.16. The first-order valence-corrected chi connectivity index (χ1v) is 9.49. The highest BCUT2D eigenvalue weighted by molar-refractivity contribution is 7.99. The van der Waals surface area contributed by atoms with Crippen LogP contribution in [0.3, 0.4) is 0 Å². The number of anilines is 1. The maximum atomic E-state index is 12.3. The fraction of sp³-hybridized carbons (Fsp3) is 0.222. The Bertz CT molecular complexity index is 1040. The molecule has 0 fully saturated rings. The number of nitrogens with one attached hydrogen (secondary N) is 1. The van der Waals surface area contributed by atoms with Gasteiger partial charge < -0.3 is 24.3 Å². The molecule has 1 aromatic heterocycles. The standard InChI is InChI=1S/C18H17N5O5S/c1-25-13-6-4-12(8-15(13)26-2)23-18(20-21-22-23)29-9-17(24)19-11-3-5-14-16(7-11)28-10-27-14/h3-8H,9-10H2,1-2H3,(H,19,24). The van der Waals surface area contributed by atoms with E-state index in [1.807, 2.05) is 0 Å². The molecule has 1 aliphatic rings. The number of nitrogens with zero attached hydrogens (tertiary/aromatic N) is 4. The lowest BCUT2D eigenvalue weighted by molar-refractivity contribution is -0.113. The summed E-state index contributed by atoms with van der Waals surface area (Å²) in [5.41, 5.74) is 1.31. The first-order valence-electron chi connectivity index (χ1n) is 8.51. The quantitative estimate of drug-likeness (QED) is 0.580. The molecular formula is C18H17N5O5S. The van der Waals surface area contributed by atoms with Gasteiger partial charge in [-0.2, -0.15) is 4.68 Å². The Kier molecular flexibility index (Phi) is 5.38. The predicted molar refractivity (Wildman–Crippen MR) is 104 cm³/mol. The van der Waals surface area contributed by atoms with Gasteiger partial charge in [-0.15, -0.1) is 5.10 Å². The second-order valence-corrected chi connectivity index (χ2v) is 6.76. The van der Waals surface area contributed by atoms with E-state index < -0.39 is 0 Å². The van der Waals surface area contributed by atoms with Gasteiger partial charge in [0.15, 0.2) is 23.0 Å². The van der Waals surface area contributed by atoms with Crippen LogP contribution in [0.5, 0.6) is 23.0 Å². The molecule has 0 bridgehead atoms. The van der Waals surface area contributed by atoms with Gasteiger partial charge in [-0.25, -0.2) is 0 Å². The molecule has 3 aromatic rings. The molecule has 1 aliphatic heterocycles. The molecule has 0 saturated heterocycles. The van der Waals surface area contributed by atoms with E-state index in [1.165, 1.54) is 16.4 Å². The fourth-order valence-electron chi connectivity index (χ4n) is 2.69. The minimum atomic E-state index is -0.198. The van der Waals surface area contributed by atoms with Crippen molar-refractivity contribution in [2.24, 2.45) is 0 Å². The lowest BCUT2D eigenvalue weighted by Crippen LogP contribution is -2.14. The van der Waals surface area contributed by atoms with Crippen molar-refractivity contribution in [1.82, 2.24) is 20.2 Å². The van der Waals surface area contributed by atoms with Gasteiger partial charge in [-0.1, -0.05) is 11.8 Å². The van der Waals surface area contributed by atoms with Crippen LogP contribution in [0, 0.1) is 0 Å². The Morgan fingerprint density at radius 1 is 1.14 bits per heavy atom. The number of thioether (sulfide) groups is 1. The van der Waals surface area contributed by atoms with Gasteiger partial charge in [0.25, 0.3) is 0 Å². The maximum absolute atomic E-state index is 12.3. The largest absolute Gasteiger partial charge is 0.493 e. The van der Waals surface area contributed by atoms with Crippen LogP contribution in [0.15, 0.2) is 41.6 Å². The van der Waals surface area contributed by atoms with E-state index >= 15 is 0 Å².